The van der Waals surface area contributed by atoms with Gasteiger partial charge in [-0.1, -0.05) is 0 Å². The van der Waals surface area contributed by atoms with Crippen molar-refractivity contribution in [3.05, 3.63) is 0 Å². The lowest BCUT2D eigenvalue weighted by Crippen LogP contribution is -2.58. The Hall–Kier alpha value is -0.650. The van der Waals surface area contributed by atoms with Gasteiger partial charge in [-0.05, 0) is 19.8 Å². The number of hydrogen-bond acceptors (Lipinski definition) is 4. The highest BCUT2D eigenvalue weighted by Gasteiger charge is 2.34. The molecule has 5 heteroatoms. The predicted molar refractivity (Wildman–Crippen MR) is 56.5 cm³/mol. The molecule has 0 radical (unpaired) electrons. The van der Waals surface area contributed by atoms with Crippen LogP contribution in [0, 0.1) is 0 Å². The lowest BCUT2D eigenvalue weighted by atomic mass is 9.90. The van der Waals surface area contributed by atoms with Gasteiger partial charge in [-0.25, -0.2) is 0 Å². The van der Waals surface area contributed by atoms with Crippen molar-refractivity contribution in [1.29, 1.82) is 0 Å². The van der Waals surface area contributed by atoms with Gasteiger partial charge in [-0.15, -0.1) is 0 Å². The molecule has 1 fully saturated rings. The summed E-state index contributed by atoms with van der Waals surface area (Å²) in [6.07, 6.45) is 1.48. The molecule has 1 heterocycles. The fraction of sp³-hybridized carbons (Fsp3) is 0.900. The van der Waals surface area contributed by atoms with Gasteiger partial charge in [-0.2, -0.15) is 0 Å². The maximum absolute atomic E-state index is 11.4. The molecule has 1 atom stereocenters. The van der Waals surface area contributed by atoms with Gasteiger partial charge < -0.3 is 15.2 Å². The third-order valence-corrected chi connectivity index (χ3v) is 2.91. The normalized spacial score (nSPS) is 22.1. The topological polar surface area (TPSA) is 70.6 Å². The van der Waals surface area contributed by atoms with Crippen molar-refractivity contribution in [3.8, 4) is 0 Å². The first kappa shape index (κ1) is 12.4. The van der Waals surface area contributed by atoms with Crippen molar-refractivity contribution >= 4 is 5.91 Å². The van der Waals surface area contributed by atoms with Crippen LogP contribution >= 0.6 is 0 Å². The van der Waals surface area contributed by atoms with Gasteiger partial charge in [0, 0.05) is 25.8 Å². The molecule has 1 aliphatic rings. The number of aliphatic hydroxyl groups excluding tert-OH is 1. The smallest absolute Gasteiger partial charge is 0.236 e. The summed E-state index contributed by atoms with van der Waals surface area (Å²) in [5.74, 6) is -0.0608. The van der Waals surface area contributed by atoms with Crippen molar-refractivity contribution < 1.29 is 14.6 Å². The standard InChI is InChI=1S/C10H20N2O3/c1-8(9(14)11-2)12-10(7-13)3-5-15-6-4-10/h8,12-13H,3-7H2,1-2H3,(H,11,14). The summed E-state index contributed by atoms with van der Waals surface area (Å²) >= 11 is 0. The summed E-state index contributed by atoms with van der Waals surface area (Å²) < 4.78 is 5.24. The van der Waals surface area contributed by atoms with E-state index in [4.69, 9.17) is 4.74 Å². The Morgan fingerprint density at radius 3 is 2.60 bits per heavy atom. The minimum absolute atomic E-state index is 0.0394. The lowest BCUT2D eigenvalue weighted by Gasteiger charge is -2.38. The third kappa shape index (κ3) is 3.15. The second-order valence-corrected chi connectivity index (χ2v) is 4.03. The van der Waals surface area contributed by atoms with Crippen LogP contribution in [-0.4, -0.2) is 49.5 Å². The average molecular weight is 216 g/mol. The van der Waals surface area contributed by atoms with Crippen LogP contribution in [-0.2, 0) is 9.53 Å². The highest BCUT2D eigenvalue weighted by Crippen LogP contribution is 2.20. The molecule has 0 aromatic heterocycles. The van der Waals surface area contributed by atoms with E-state index < -0.39 is 0 Å². The first-order valence-corrected chi connectivity index (χ1v) is 5.31. The summed E-state index contributed by atoms with van der Waals surface area (Å²) in [6.45, 7) is 3.10. The molecule has 88 valence electrons. The molecule has 0 aliphatic carbocycles. The molecule has 1 unspecified atom stereocenters. The second kappa shape index (κ2) is 5.44. The van der Waals surface area contributed by atoms with Crippen molar-refractivity contribution in [1.82, 2.24) is 10.6 Å². The van der Waals surface area contributed by atoms with Crippen LogP contribution in [0.2, 0.25) is 0 Å². The van der Waals surface area contributed by atoms with E-state index in [9.17, 15) is 9.90 Å². The van der Waals surface area contributed by atoms with Crippen LogP contribution in [0.25, 0.3) is 0 Å². The number of carbonyl (C=O) groups excluding carboxylic acids is 1. The number of ether oxygens (including phenoxy) is 1. The number of nitrogens with one attached hydrogen (secondary N) is 2. The molecular formula is C10H20N2O3. The minimum atomic E-state index is -0.357. The molecule has 3 N–H and O–H groups in total. The van der Waals surface area contributed by atoms with E-state index in [1.807, 2.05) is 0 Å². The number of likely N-dealkylation sites (N-methyl/N-ethyl adjacent to an activating group) is 1. The molecule has 1 saturated heterocycles. The number of aliphatic hydroxyl groups is 1. The van der Waals surface area contributed by atoms with Crippen LogP contribution in [0.5, 0.6) is 0 Å². The van der Waals surface area contributed by atoms with Gasteiger partial charge in [0.1, 0.15) is 0 Å². The number of hydrogen-bond donors (Lipinski definition) is 3. The number of amides is 1. The SMILES string of the molecule is CNC(=O)C(C)NC1(CO)CCOCC1. The quantitative estimate of drug-likeness (QED) is 0.578. The number of carbonyl (C=O) groups is 1. The molecule has 0 spiro atoms. The first-order chi connectivity index (χ1) is 7.13. The van der Waals surface area contributed by atoms with E-state index >= 15 is 0 Å². The van der Waals surface area contributed by atoms with Crippen LogP contribution in [0.4, 0.5) is 0 Å². The van der Waals surface area contributed by atoms with E-state index in [2.05, 4.69) is 10.6 Å². The third-order valence-electron chi connectivity index (χ3n) is 2.91. The van der Waals surface area contributed by atoms with Crippen LogP contribution in [0.1, 0.15) is 19.8 Å². The van der Waals surface area contributed by atoms with Gasteiger partial charge in [-0.3, -0.25) is 10.1 Å². The van der Waals surface area contributed by atoms with Gasteiger partial charge >= 0.3 is 0 Å². The molecule has 1 amide bonds. The fourth-order valence-electron chi connectivity index (χ4n) is 1.85. The molecule has 0 bridgehead atoms. The Bertz CT molecular complexity index is 215. The molecule has 1 aliphatic heterocycles. The van der Waals surface area contributed by atoms with Gasteiger partial charge in [0.25, 0.3) is 0 Å². The van der Waals surface area contributed by atoms with Crippen LogP contribution < -0.4 is 10.6 Å². The van der Waals surface area contributed by atoms with Crippen molar-refractivity contribution in [2.24, 2.45) is 0 Å². The average Bonchev–Trinajstić information content (AvgIpc) is 2.29. The summed E-state index contributed by atoms with van der Waals surface area (Å²) in [7, 11) is 1.61. The van der Waals surface area contributed by atoms with E-state index in [0.717, 1.165) is 12.8 Å². The molecule has 5 nitrogen and oxygen atoms in total. The van der Waals surface area contributed by atoms with Gasteiger partial charge in [0.15, 0.2) is 0 Å². The maximum atomic E-state index is 11.4. The summed E-state index contributed by atoms with van der Waals surface area (Å²) in [6, 6.07) is -0.291. The highest BCUT2D eigenvalue weighted by atomic mass is 16.5. The van der Waals surface area contributed by atoms with E-state index in [1.165, 1.54) is 0 Å². The zero-order chi connectivity index (χ0) is 11.3. The predicted octanol–water partition coefficient (Wildman–Crippen LogP) is -0.748. The zero-order valence-corrected chi connectivity index (χ0v) is 9.38. The monoisotopic (exact) mass is 216 g/mol. The van der Waals surface area contributed by atoms with Crippen molar-refractivity contribution in [2.45, 2.75) is 31.3 Å². The van der Waals surface area contributed by atoms with Crippen molar-refractivity contribution in [3.63, 3.8) is 0 Å². The molecule has 0 saturated carbocycles. The second-order valence-electron chi connectivity index (χ2n) is 4.03. The largest absolute Gasteiger partial charge is 0.394 e. The lowest BCUT2D eigenvalue weighted by molar-refractivity contribution is -0.123. The molecule has 0 aromatic rings. The van der Waals surface area contributed by atoms with Crippen molar-refractivity contribution in [2.75, 3.05) is 26.9 Å². The van der Waals surface area contributed by atoms with Gasteiger partial charge in [0.2, 0.25) is 5.91 Å². The first-order valence-electron chi connectivity index (χ1n) is 5.31. The Morgan fingerprint density at radius 1 is 1.53 bits per heavy atom. The van der Waals surface area contributed by atoms with Crippen LogP contribution in [0.15, 0.2) is 0 Å². The minimum Gasteiger partial charge on any atom is -0.394 e. The Labute approximate surface area is 90.2 Å². The molecule has 1 rings (SSSR count). The summed E-state index contributed by atoms with van der Waals surface area (Å²) in [4.78, 5) is 11.4. The number of rotatable bonds is 4. The van der Waals surface area contributed by atoms with E-state index in [1.54, 1.807) is 14.0 Å². The van der Waals surface area contributed by atoms with E-state index in [0.29, 0.717) is 13.2 Å². The highest BCUT2D eigenvalue weighted by molar-refractivity contribution is 5.81. The Balaban J connectivity index is 2.54. The Kier molecular flexibility index (Phi) is 4.50. The summed E-state index contributed by atoms with van der Waals surface area (Å²) in [5.41, 5.74) is -0.357. The maximum Gasteiger partial charge on any atom is 0.236 e. The zero-order valence-electron chi connectivity index (χ0n) is 9.38. The Morgan fingerprint density at radius 2 is 2.13 bits per heavy atom. The van der Waals surface area contributed by atoms with E-state index in [-0.39, 0.29) is 24.1 Å². The van der Waals surface area contributed by atoms with Gasteiger partial charge in [0.05, 0.1) is 12.6 Å². The molecule has 15 heavy (non-hydrogen) atoms. The molecular weight excluding hydrogens is 196 g/mol. The molecule has 0 aromatic carbocycles. The summed E-state index contributed by atoms with van der Waals surface area (Å²) in [5, 5.41) is 15.2. The fourth-order valence-corrected chi connectivity index (χ4v) is 1.85. The van der Waals surface area contributed by atoms with Crippen LogP contribution in [0.3, 0.4) is 0 Å².